The van der Waals surface area contributed by atoms with Crippen LogP contribution < -0.4 is 0 Å². The van der Waals surface area contributed by atoms with Crippen molar-refractivity contribution in [3.8, 4) is 10.4 Å². The van der Waals surface area contributed by atoms with E-state index in [0.29, 0.717) is 0 Å². The molecule has 0 aliphatic rings. The van der Waals surface area contributed by atoms with Gasteiger partial charge in [0.2, 0.25) is 0 Å². The molecular formula is C9H5BrN2O2S. The lowest BCUT2D eigenvalue weighted by molar-refractivity contribution is -0.384. The summed E-state index contributed by atoms with van der Waals surface area (Å²) >= 11 is 4.40. The number of benzene rings is 1. The topological polar surface area (TPSA) is 56.0 Å². The van der Waals surface area contributed by atoms with E-state index in [9.17, 15) is 10.1 Å². The monoisotopic (exact) mass is 284 g/mol. The molecule has 0 N–H and O–H groups in total. The van der Waals surface area contributed by atoms with Gasteiger partial charge in [0.05, 0.1) is 4.88 Å². The van der Waals surface area contributed by atoms with Crippen molar-refractivity contribution < 1.29 is 4.92 Å². The van der Waals surface area contributed by atoms with E-state index in [-0.39, 0.29) is 5.13 Å². The van der Waals surface area contributed by atoms with Gasteiger partial charge >= 0.3 is 5.13 Å². The van der Waals surface area contributed by atoms with Gasteiger partial charge in [-0.15, -0.1) is 0 Å². The molecule has 0 unspecified atom stereocenters. The van der Waals surface area contributed by atoms with Gasteiger partial charge in [0.25, 0.3) is 0 Å². The highest BCUT2D eigenvalue weighted by molar-refractivity contribution is 9.10. The molecule has 1 aromatic heterocycles. The molecule has 1 heterocycles. The molecule has 4 nitrogen and oxygen atoms in total. The van der Waals surface area contributed by atoms with Crippen LogP contribution >= 0.6 is 27.3 Å². The smallest absolute Gasteiger partial charge is 0.357 e. The molecule has 1 aromatic carbocycles. The zero-order chi connectivity index (χ0) is 10.8. The van der Waals surface area contributed by atoms with E-state index in [4.69, 9.17) is 0 Å². The van der Waals surface area contributed by atoms with Gasteiger partial charge in [-0.05, 0) is 38.9 Å². The highest BCUT2D eigenvalue weighted by atomic mass is 79.9. The van der Waals surface area contributed by atoms with Crippen LogP contribution in [0.4, 0.5) is 5.13 Å². The highest BCUT2D eigenvalue weighted by Gasteiger charge is 2.13. The van der Waals surface area contributed by atoms with Crippen LogP contribution in [0.3, 0.4) is 0 Å². The summed E-state index contributed by atoms with van der Waals surface area (Å²) in [7, 11) is 0. The first-order valence-corrected chi connectivity index (χ1v) is 5.64. The van der Waals surface area contributed by atoms with Crippen LogP contribution in [0.1, 0.15) is 0 Å². The number of nitro groups is 1. The van der Waals surface area contributed by atoms with Crippen molar-refractivity contribution in [1.82, 2.24) is 4.98 Å². The van der Waals surface area contributed by atoms with Crippen LogP contribution in [0, 0.1) is 10.1 Å². The van der Waals surface area contributed by atoms with Crippen molar-refractivity contribution in [2.75, 3.05) is 0 Å². The van der Waals surface area contributed by atoms with Crippen molar-refractivity contribution >= 4 is 32.4 Å². The van der Waals surface area contributed by atoms with Crippen LogP contribution in [0.15, 0.2) is 34.9 Å². The Morgan fingerprint density at radius 2 is 2.00 bits per heavy atom. The summed E-state index contributed by atoms with van der Waals surface area (Å²) in [5, 5.41) is 10.4. The predicted molar refractivity (Wildman–Crippen MR) is 61.9 cm³/mol. The number of nitrogens with zero attached hydrogens (tertiary/aromatic N) is 2. The molecule has 6 heteroatoms. The number of halogens is 1. The van der Waals surface area contributed by atoms with E-state index < -0.39 is 4.92 Å². The first-order chi connectivity index (χ1) is 7.16. The van der Waals surface area contributed by atoms with Crippen molar-refractivity contribution in [3.63, 3.8) is 0 Å². The maximum absolute atomic E-state index is 10.4. The van der Waals surface area contributed by atoms with Crippen LogP contribution in [-0.4, -0.2) is 9.91 Å². The minimum absolute atomic E-state index is 0.0760. The fraction of sp³-hybridized carbons (Fsp3) is 0. The fourth-order valence-corrected chi connectivity index (χ4v) is 2.10. The van der Waals surface area contributed by atoms with Gasteiger partial charge in [-0.1, -0.05) is 28.1 Å². The minimum atomic E-state index is -0.479. The van der Waals surface area contributed by atoms with Gasteiger partial charge in [-0.25, -0.2) is 0 Å². The molecule has 2 aromatic rings. The zero-order valence-corrected chi connectivity index (χ0v) is 9.79. The van der Waals surface area contributed by atoms with Gasteiger partial charge in [-0.2, -0.15) is 0 Å². The third-order valence-electron chi connectivity index (χ3n) is 1.78. The number of aromatic nitrogens is 1. The highest BCUT2D eigenvalue weighted by Crippen LogP contribution is 2.30. The standard InChI is InChI=1S/C9H5BrN2O2S/c10-7-3-1-6(2-4-7)8-5-11-9(15-8)12(13)14/h1-5H. The van der Waals surface area contributed by atoms with Crippen molar-refractivity contribution in [1.29, 1.82) is 0 Å². The number of hydrogen-bond donors (Lipinski definition) is 0. The molecule has 76 valence electrons. The van der Waals surface area contributed by atoms with Crippen LogP contribution in [0.2, 0.25) is 0 Å². The van der Waals surface area contributed by atoms with E-state index >= 15 is 0 Å². The van der Waals surface area contributed by atoms with E-state index in [0.717, 1.165) is 26.3 Å². The third-order valence-corrected chi connectivity index (χ3v) is 3.31. The molecule has 2 rings (SSSR count). The maximum Gasteiger partial charge on any atom is 0.423 e. The first kappa shape index (κ1) is 10.3. The number of rotatable bonds is 2. The largest absolute Gasteiger partial charge is 0.423 e. The molecule has 0 aliphatic heterocycles. The van der Waals surface area contributed by atoms with Crippen molar-refractivity contribution in [2.45, 2.75) is 0 Å². The van der Waals surface area contributed by atoms with Crippen molar-refractivity contribution in [2.24, 2.45) is 0 Å². The van der Waals surface area contributed by atoms with Gasteiger partial charge in [0.1, 0.15) is 0 Å². The maximum atomic E-state index is 10.4. The predicted octanol–water partition coefficient (Wildman–Crippen LogP) is 3.48. The van der Waals surface area contributed by atoms with Crippen LogP contribution in [-0.2, 0) is 0 Å². The van der Waals surface area contributed by atoms with E-state index in [1.54, 1.807) is 0 Å². The Morgan fingerprint density at radius 3 is 2.53 bits per heavy atom. The van der Waals surface area contributed by atoms with Gasteiger partial charge in [0.15, 0.2) is 6.20 Å². The second-order valence-corrected chi connectivity index (χ2v) is 4.70. The molecule has 0 saturated carbocycles. The van der Waals surface area contributed by atoms with Gasteiger partial charge in [-0.3, -0.25) is 0 Å². The van der Waals surface area contributed by atoms with Gasteiger partial charge < -0.3 is 10.1 Å². The normalized spacial score (nSPS) is 10.2. The summed E-state index contributed by atoms with van der Waals surface area (Å²) in [6.07, 6.45) is 1.52. The average Bonchev–Trinajstić information content (AvgIpc) is 2.68. The Bertz CT molecular complexity index is 495. The van der Waals surface area contributed by atoms with Gasteiger partial charge in [0, 0.05) is 4.47 Å². The molecule has 0 saturated heterocycles. The molecular weight excluding hydrogens is 280 g/mol. The summed E-state index contributed by atoms with van der Waals surface area (Å²) in [5.41, 5.74) is 0.934. The SMILES string of the molecule is O=[N+]([O-])c1ncc(-c2ccc(Br)cc2)s1. The Labute approximate surface area is 97.9 Å². The van der Waals surface area contributed by atoms with E-state index in [1.165, 1.54) is 6.20 Å². The Morgan fingerprint density at radius 1 is 1.33 bits per heavy atom. The molecule has 0 bridgehead atoms. The first-order valence-electron chi connectivity index (χ1n) is 4.03. The summed E-state index contributed by atoms with van der Waals surface area (Å²) < 4.78 is 0.977. The quantitative estimate of drug-likeness (QED) is 0.627. The molecule has 0 aliphatic carbocycles. The second-order valence-electron chi connectivity index (χ2n) is 2.77. The summed E-state index contributed by atoms with van der Waals surface area (Å²) in [4.78, 5) is 14.5. The molecule has 0 atom stereocenters. The average molecular weight is 285 g/mol. The second kappa shape index (κ2) is 4.08. The molecule has 0 spiro atoms. The fourth-order valence-electron chi connectivity index (χ4n) is 1.10. The summed E-state index contributed by atoms with van der Waals surface area (Å²) in [6, 6.07) is 7.56. The molecule has 0 amide bonds. The molecule has 0 fully saturated rings. The Hall–Kier alpha value is -1.27. The zero-order valence-electron chi connectivity index (χ0n) is 7.38. The van der Waals surface area contributed by atoms with Crippen LogP contribution in [0.5, 0.6) is 0 Å². The van der Waals surface area contributed by atoms with Crippen LogP contribution in [0.25, 0.3) is 10.4 Å². The number of hydrogen-bond acceptors (Lipinski definition) is 4. The lowest BCUT2D eigenvalue weighted by Crippen LogP contribution is -1.83. The van der Waals surface area contributed by atoms with E-state index in [2.05, 4.69) is 20.9 Å². The molecule has 15 heavy (non-hydrogen) atoms. The minimum Gasteiger partial charge on any atom is -0.357 e. The summed E-state index contributed by atoms with van der Waals surface area (Å²) in [5.74, 6) is 0. The Balaban J connectivity index is 2.37. The number of thiazole rings is 1. The third kappa shape index (κ3) is 2.21. The molecule has 0 radical (unpaired) electrons. The summed E-state index contributed by atoms with van der Waals surface area (Å²) in [6.45, 7) is 0. The van der Waals surface area contributed by atoms with E-state index in [1.807, 2.05) is 24.3 Å². The lowest BCUT2D eigenvalue weighted by Gasteiger charge is -1.94. The lowest BCUT2D eigenvalue weighted by atomic mass is 10.2. The van der Waals surface area contributed by atoms with Crippen molar-refractivity contribution in [3.05, 3.63) is 45.0 Å². The Kier molecular flexibility index (Phi) is 2.79.